The molecule has 0 bridgehead atoms. The molecule has 0 radical (unpaired) electrons. The minimum absolute atomic E-state index is 0.0678. The topological polar surface area (TPSA) is 75.4 Å². The van der Waals surface area contributed by atoms with E-state index in [2.05, 4.69) is 26.4 Å². The minimum Gasteiger partial charge on any atom is -0.361 e. The van der Waals surface area contributed by atoms with E-state index in [0.717, 1.165) is 4.47 Å². The standard InChI is InChI=1S/C16H18BrN3O3/c1-11-9-14(19-23-11)10-20(2)15(21)7-8-18-16(22)12-3-5-13(17)6-4-12/h3-6,9H,7-8,10H2,1-2H3,(H,18,22). The zero-order valence-electron chi connectivity index (χ0n) is 13.0. The molecule has 1 aromatic carbocycles. The number of nitrogens with zero attached hydrogens (tertiary/aromatic N) is 2. The molecule has 6 nitrogen and oxygen atoms in total. The van der Waals surface area contributed by atoms with Crippen molar-refractivity contribution >= 4 is 27.7 Å². The van der Waals surface area contributed by atoms with Crippen LogP contribution in [0.25, 0.3) is 0 Å². The van der Waals surface area contributed by atoms with Crippen molar-refractivity contribution in [2.24, 2.45) is 0 Å². The van der Waals surface area contributed by atoms with Crippen molar-refractivity contribution in [2.45, 2.75) is 19.9 Å². The van der Waals surface area contributed by atoms with Gasteiger partial charge in [-0.25, -0.2) is 0 Å². The van der Waals surface area contributed by atoms with Crippen LogP contribution in [0.1, 0.15) is 28.2 Å². The van der Waals surface area contributed by atoms with Crippen LogP contribution >= 0.6 is 15.9 Å². The zero-order chi connectivity index (χ0) is 16.8. The average molecular weight is 380 g/mol. The molecule has 0 saturated carbocycles. The number of aryl methyl sites for hydroxylation is 1. The second-order valence-electron chi connectivity index (χ2n) is 5.19. The van der Waals surface area contributed by atoms with Gasteiger partial charge in [0.15, 0.2) is 0 Å². The Morgan fingerprint density at radius 1 is 1.30 bits per heavy atom. The summed E-state index contributed by atoms with van der Waals surface area (Å²) in [6.45, 7) is 2.47. The first-order chi connectivity index (χ1) is 11.0. The van der Waals surface area contributed by atoms with Gasteiger partial charge in [0.25, 0.3) is 5.91 Å². The van der Waals surface area contributed by atoms with Crippen LogP contribution in [-0.2, 0) is 11.3 Å². The molecule has 2 rings (SSSR count). The van der Waals surface area contributed by atoms with Crippen LogP contribution in [0.4, 0.5) is 0 Å². The monoisotopic (exact) mass is 379 g/mol. The predicted octanol–water partition coefficient (Wildman–Crippen LogP) is 2.52. The molecule has 0 aliphatic heterocycles. The Bertz CT molecular complexity index is 682. The third kappa shape index (κ3) is 5.21. The first-order valence-electron chi connectivity index (χ1n) is 7.15. The van der Waals surface area contributed by atoms with E-state index < -0.39 is 0 Å². The molecule has 0 atom stereocenters. The van der Waals surface area contributed by atoms with Gasteiger partial charge in [-0.1, -0.05) is 21.1 Å². The molecular weight excluding hydrogens is 362 g/mol. The minimum atomic E-state index is -0.194. The summed E-state index contributed by atoms with van der Waals surface area (Å²) < 4.78 is 5.88. The molecular formula is C16H18BrN3O3. The van der Waals surface area contributed by atoms with E-state index >= 15 is 0 Å². The molecule has 2 aromatic rings. The Kier molecular flexibility index (Phi) is 5.92. The lowest BCUT2D eigenvalue weighted by Gasteiger charge is -2.15. The van der Waals surface area contributed by atoms with Gasteiger partial charge in [0, 0.05) is 36.1 Å². The number of carbonyl (C=O) groups is 2. The lowest BCUT2D eigenvalue weighted by atomic mass is 10.2. The highest BCUT2D eigenvalue weighted by Gasteiger charge is 2.12. The Morgan fingerprint density at radius 3 is 2.61 bits per heavy atom. The normalized spacial score (nSPS) is 10.4. The van der Waals surface area contributed by atoms with Crippen LogP contribution in [0.3, 0.4) is 0 Å². The summed E-state index contributed by atoms with van der Waals surface area (Å²) in [4.78, 5) is 25.5. The third-order valence-corrected chi connectivity index (χ3v) is 3.76. The van der Waals surface area contributed by atoms with Crippen LogP contribution in [0.5, 0.6) is 0 Å². The largest absolute Gasteiger partial charge is 0.361 e. The van der Waals surface area contributed by atoms with Crippen molar-refractivity contribution in [1.82, 2.24) is 15.4 Å². The maximum absolute atomic E-state index is 12.0. The van der Waals surface area contributed by atoms with Gasteiger partial charge in [0.2, 0.25) is 5.91 Å². The van der Waals surface area contributed by atoms with Gasteiger partial charge >= 0.3 is 0 Å². The number of carbonyl (C=O) groups excluding carboxylic acids is 2. The Hall–Kier alpha value is -2.15. The fourth-order valence-corrected chi connectivity index (χ4v) is 2.27. The second-order valence-corrected chi connectivity index (χ2v) is 6.11. The van der Waals surface area contributed by atoms with E-state index in [9.17, 15) is 9.59 Å². The first kappa shape index (κ1) is 17.2. The Balaban J connectivity index is 1.75. The molecule has 0 aliphatic rings. The van der Waals surface area contributed by atoms with E-state index in [4.69, 9.17) is 4.52 Å². The van der Waals surface area contributed by atoms with Crippen molar-refractivity contribution in [3.63, 3.8) is 0 Å². The molecule has 0 spiro atoms. The maximum atomic E-state index is 12.0. The summed E-state index contributed by atoms with van der Waals surface area (Å²) in [5.41, 5.74) is 1.27. The van der Waals surface area contributed by atoms with E-state index in [1.807, 2.05) is 0 Å². The molecule has 122 valence electrons. The number of aromatic nitrogens is 1. The highest BCUT2D eigenvalue weighted by atomic mass is 79.9. The molecule has 1 aromatic heterocycles. The summed E-state index contributed by atoms with van der Waals surface area (Å²) >= 11 is 3.32. The number of hydrogen-bond acceptors (Lipinski definition) is 4. The van der Waals surface area contributed by atoms with Gasteiger partial charge < -0.3 is 14.7 Å². The van der Waals surface area contributed by atoms with E-state index in [0.29, 0.717) is 23.6 Å². The van der Waals surface area contributed by atoms with Crippen LogP contribution in [-0.4, -0.2) is 35.5 Å². The van der Waals surface area contributed by atoms with Gasteiger partial charge in [-0.2, -0.15) is 0 Å². The quantitative estimate of drug-likeness (QED) is 0.836. The van der Waals surface area contributed by atoms with Gasteiger partial charge in [0.1, 0.15) is 11.5 Å². The number of hydrogen-bond donors (Lipinski definition) is 1. The molecule has 0 unspecified atom stereocenters. The predicted molar refractivity (Wildman–Crippen MR) is 88.8 cm³/mol. The van der Waals surface area contributed by atoms with Crippen LogP contribution in [0.2, 0.25) is 0 Å². The summed E-state index contributed by atoms with van der Waals surface area (Å²) in [6.07, 6.45) is 0.232. The van der Waals surface area contributed by atoms with E-state index in [1.165, 1.54) is 0 Å². The van der Waals surface area contributed by atoms with Crippen LogP contribution in [0, 0.1) is 6.92 Å². The summed E-state index contributed by atoms with van der Waals surface area (Å²) in [5.74, 6) is 0.449. The number of amides is 2. The number of rotatable bonds is 6. The van der Waals surface area contributed by atoms with Crippen molar-refractivity contribution in [3.8, 4) is 0 Å². The fraction of sp³-hybridized carbons (Fsp3) is 0.312. The van der Waals surface area contributed by atoms with E-state index in [1.54, 1.807) is 49.2 Å². The molecule has 2 amide bonds. The van der Waals surface area contributed by atoms with Gasteiger partial charge in [0.05, 0.1) is 6.54 Å². The molecule has 0 aliphatic carbocycles. The molecule has 0 fully saturated rings. The highest BCUT2D eigenvalue weighted by Crippen LogP contribution is 2.10. The summed E-state index contributed by atoms with van der Waals surface area (Å²) in [5, 5.41) is 6.59. The lowest BCUT2D eigenvalue weighted by Crippen LogP contribution is -2.31. The molecule has 23 heavy (non-hydrogen) atoms. The average Bonchev–Trinajstić information content (AvgIpc) is 2.92. The highest BCUT2D eigenvalue weighted by molar-refractivity contribution is 9.10. The Morgan fingerprint density at radius 2 is 2.00 bits per heavy atom. The van der Waals surface area contributed by atoms with Crippen LogP contribution < -0.4 is 5.32 Å². The Labute approximate surface area is 143 Å². The number of halogens is 1. The third-order valence-electron chi connectivity index (χ3n) is 3.23. The first-order valence-corrected chi connectivity index (χ1v) is 7.95. The molecule has 7 heteroatoms. The molecule has 1 N–H and O–H groups in total. The van der Waals surface area contributed by atoms with Crippen molar-refractivity contribution in [3.05, 3.63) is 51.8 Å². The maximum Gasteiger partial charge on any atom is 0.251 e. The summed E-state index contributed by atoms with van der Waals surface area (Å²) in [7, 11) is 1.70. The number of benzene rings is 1. The van der Waals surface area contributed by atoms with E-state index in [-0.39, 0.29) is 24.8 Å². The van der Waals surface area contributed by atoms with Gasteiger partial charge in [-0.05, 0) is 31.2 Å². The van der Waals surface area contributed by atoms with Gasteiger partial charge in [-0.3, -0.25) is 9.59 Å². The SMILES string of the molecule is Cc1cc(CN(C)C(=O)CCNC(=O)c2ccc(Br)cc2)no1. The lowest BCUT2D eigenvalue weighted by molar-refractivity contribution is -0.130. The fourth-order valence-electron chi connectivity index (χ4n) is 2.00. The van der Waals surface area contributed by atoms with Crippen LogP contribution in [0.15, 0.2) is 39.3 Å². The second kappa shape index (κ2) is 7.92. The van der Waals surface area contributed by atoms with Gasteiger partial charge in [-0.15, -0.1) is 0 Å². The molecule has 1 heterocycles. The zero-order valence-corrected chi connectivity index (χ0v) is 14.6. The van der Waals surface area contributed by atoms with Crippen molar-refractivity contribution in [2.75, 3.05) is 13.6 Å². The summed E-state index contributed by atoms with van der Waals surface area (Å²) in [6, 6.07) is 8.83. The molecule has 0 saturated heterocycles. The van der Waals surface area contributed by atoms with Crippen molar-refractivity contribution in [1.29, 1.82) is 0 Å². The number of nitrogens with one attached hydrogen (secondary N) is 1. The van der Waals surface area contributed by atoms with Crippen molar-refractivity contribution < 1.29 is 14.1 Å². The smallest absolute Gasteiger partial charge is 0.251 e.